The molecule has 3 rings (SSSR count). The summed E-state index contributed by atoms with van der Waals surface area (Å²) in [6, 6.07) is 3.40. The number of carbonyl (C=O) groups excluding carboxylic acids is 1. The lowest BCUT2D eigenvalue weighted by Crippen LogP contribution is -2.41. The largest absolute Gasteiger partial charge is 0.393 e. The Balaban J connectivity index is 1.90. The van der Waals surface area contributed by atoms with Gasteiger partial charge in [-0.3, -0.25) is 4.79 Å². The fraction of sp³-hybridized carbons (Fsp3) is 0.562. The van der Waals surface area contributed by atoms with E-state index >= 15 is 0 Å². The van der Waals surface area contributed by atoms with Crippen LogP contribution in [0.2, 0.25) is 0 Å². The van der Waals surface area contributed by atoms with E-state index in [2.05, 4.69) is 10.2 Å². The standard InChI is InChI=1S/C16H22N4O3/c1-11(21)9-13-5-3-2-4-8-19(13)15(22)12-6-7-14-17-18-16(23)20(14)10-12/h6-7,10-11,13,21H,2-5,8-9H2,1H3,(H,18,23). The summed E-state index contributed by atoms with van der Waals surface area (Å²) in [5, 5.41) is 16.0. The lowest BCUT2D eigenvalue weighted by atomic mass is 10.0. The molecule has 0 saturated carbocycles. The van der Waals surface area contributed by atoms with Crippen molar-refractivity contribution in [3.63, 3.8) is 0 Å². The van der Waals surface area contributed by atoms with Crippen LogP contribution in [0.5, 0.6) is 0 Å². The second kappa shape index (κ2) is 6.54. The van der Waals surface area contributed by atoms with Crippen molar-refractivity contribution >= 4 is 11.6 Å². The van der Waals surface area contributed by atoms with Crippen molar-refractivity contribution in [3.05, 3.63) is 34.4 Å². The van der Waals surface area contributed by atoms with Crippen LogP contribution in [0.15, 0.2) is 23.1 Å². The van der Waals surface area contributed by atoms with E-state index in [9.17, 15) is 14.7 Å². The van der Waals surface area contributed by atoms with Crippen LogP contribution >= 0.6 is 0 Å². The molecule has 0 spiro atoms. The summed E-state index contributed by atoms with van der Waals surface area (Å²) in [4.78, 5) is 26.5. The van der Waals surface area contributed by atoms with E-state index in [1.807, 2.05) is 4.90 Å². The molecule has 2 aromatic rings. The van der Waals surface area contributed by atoms with Gasteiger partial charge in [-0.05, 0) is 38.3 Å². The number of fused-ring (bicyclic) bond motifs is 1. The molecule has 2 N–H and O–H groups in total. The number of rotatable bonds is 3. The minimum atomic E-state index is -0.438. The molecule has 1 amide bonds. The van der Waals surface area contributed by atoms with Gasteiger partial charge in [0.05, 0.1) is 11.7 Å². The Bertz CT molecular complexity index is 749. The number of hydrogen-bond acceptors (Lipinski definition) is 4. The molecule has 2 atom stereocenters. The van der Waals surface area contributed by atoms with Crippen molar-refractivity contribution < 1.29 is 9.90 Å². The van der Waals surface area contributed by atoms with Crippen LogP contribution in [0.3, 0.4) is 0 Å². The summed E-state index contributed by atoms with van der Waals surface area (Å²) < 4.78 is 1.34. The molecule has 124 valence electrons. The monoisotopic (exact) mass is 318 g/mol. The highest BCUT2D eigenvalue weighted by molar-refractivity contribution is 5.94. The number of aromatic amines is 1. The Morgan fingerprint density at radius 1 is 1.43 bits per heavy atom. The first-order chi connectivity index (χ1) is 11.1. The smallest absolute Gasteiger partial charge is 0.347 e. The Hall–Kier alpha value is -2.15. The van der Waals surface area contributed by atoms with E-state index in [1.165, 1.54) is 10.6 Å². The van der Waals surface area contributed by atoms with Gasteiger partial charge in [-0.15, -0.1) is 0 Å². The van der Waals surface area contributed by atoms with Crippen LogP contribution in [0.4, 0.5) is 0 Å². The summed E-state index contributed by atoms with van der Waals surface area (Å²) in [5.74, 6) is -0.0902. The molecule has 0 aliphatic carbocycles. The van der Waals surface area contributed by atoms with Gasteiger partial charge in [0.25, 0.3) is 5.91 Å². The predicted molar refractivity (Wildman–Crippen MR) is 85.4 cm³/mol. The van der Waals surface area contributed by atoms with Gasteiger partial charge in [-0.1, -0.05) is 12.8 Å². The zero-order valence-corrected chi connectivity index (χ0v) is 13.2. The number of H-pyrrole nitrogens is 1. The predicted octanol–water partition coefficient (Wildman–Crippen LogP) is 1.18. The van der Waals surface area contributed by atoms with Gasteiger partial charge in [0.1, 0.15) is 0 Å². The quantitative estimate of drug-likeness (QED) is 0.889. The number of aromatic nitrogens is 3. The number of nitrogens with zero attached hydrogens (tertiary/aromatic N) is 3. The first-order valence-corrected chi connectivity index (χ1v) is 8.12. The molecule has 2 aromatic heterocycles. The summed E-state index contributed by atoms with van der Waals surface area (Å²) >= 11 is 0. The fourth-order valence-electron chi connectivity index (χ4n) is 3.28. The first kappa shape index (κ1) is 15.7. The number of carbonyl (C=O) groups is 1. The van der Waals surface area contributed by atoms with Gasteiger partial charge in [0.15, 0.2) is 5.65 Å². The molecule has 1 fully saturated rings. The zero-order chi connectivity index (χ0) is 16.4. The van der Waals surface area contributed by atoms with E-state index in [4.69, 9.17) is 0 Å². The molecular formula is C16H22N4O3. The number of amides is 1. The second-order valence-corrected chi connectivity index (χ2v) is 6.26. The summed E-state index contributed by atoms with van der Waals surface area (Å²) in [7, 11) is 0. The number of aliphatic hydroxyl groups is 1. The minimum absolute atomic E-state index is 0.0433. The second-order valence-electron chi connectivity index (χ2n) is 6.26. The highest BCUT2D eigenvalue weighted by Crippen LogP contribution is 2.22. The molecule has 0 bridgehead atoms. The van der Waals surface area contributed by atoms with Crippen LogP contribution in [-0.2, 0) is 0 Å². The van der Waals surface area contributed by atoms with Crippen LogP contribution in [0.1, 0.15) is 49.4 Å². The van der Waals surface area contributed by atoms with Gasteiger partial charge in [-0.25, -0.2) is 14.3 Å². The van der Waals surface area contributed by atoms with E-state index in [0.717, 1.165) is 25.7 Å². The van der Waals surface area contributed by atoms with Crippen molar-refractivity contribution in [2.75, 3.05) is 6.54 Å². The fourth-order valence-corrected chi connectivity index (χ4v) is 3.28. The van der Waals surface area contributed by atoms with Crippen molar-refractivity contribution in [2.24, 2.45) is 0 Å². The Morgan fingerprint density at radius 3 is 3.04 bits per heavy atom. The van der Waals surface area contributed by atoms with Gasteiger partial charge >= 0.3 is 5.69 Å². The molecule has 3 heterocycles. The highest BCUT2D eigenvalue weighted by Gasteiger charge is 2.27. The van der Waals surface area contributed by atoms with Gasteiger partial charge in [0.2, 0.25) is 0 Å². The topological polar surface area (TPSA) is 90.7 Å². The summed E-state index contributed by atoms with van der Waals surface area (Å²) in [5.41, 5.74) is 0.604. The normalized spacial score (nSPS) is 20.4. The molecule has 2 unspecified atom stereocenters. The van der Waals surface area contributed by atoms with Gasteiger partial charge in [0, 0.05) is 18.8 Å². The molecule has 23 heavy (non-hydrogen) atoms. The summed E-state index contributed by atoms with van der Waals surface area (Å²) in [6.45, 7) is 2.44. The maximum Gasteiger partial charge on any atom is 0.347 e. The molecule has 1 aliphatic heterocycles. The highest BCUT2D eigenvalue weighted by atomic mass is 16.3. The third-order valence-corrected chi connectivity index (χ3v) is 4.41. The average molecular weight is 318 g/mol. The Labute approximate surface area is 133 Å². The van der Waals surface area contributed by atoms with Crippen LogP contribution in [-0.4, -0.2) is 49.2 Å². The number of aliphatic hydroxyl groups excluding tert-OH is 1. The van der Waals surface area contributed by atoms with Crippen LogP contribution in [0, 0.1) is 0 Å². The third kappa shape index (κ3) is 3.29. The molecule has 7 nitrogen and oxygen atoms in total. The van der Waals surface area contributed by atoms with Gasteiger partial charge in [-0.2, -0.15) is 5.10 Å². The Morgan fingerprint density at radius 2 is 2.26 bits per heavy atom. The molecular weight excluding hydrogens is 296 g/mol. The molecule has 7 heteroatoms. The van der Waals surface area contributed by atoms with Gasteiger partial charge < -0.3 is 10.0 Å². The number of hydrogen-bond donors (Lipinski definition) is 2. The zero-order valence-electron chi connectivity index (χ0n) is 13.2. The SMILES string of the molecule is CC(O)CC1CCCCCN1C(=O)c1ccc2n[nH]c(=O)n2c1. The lowest BCUT2D eigenvalue weighted by molar-refractivity contribution is 0.0606. The summed E-state index contributed by atoms with van der Waals surface area (Å²) in [6.07, 6.45) is 5.72. The number of pyridine rings is 1. The molecule has 1 saturated heterocycles. The van der Waals surface area contributed by atoms with Crippen molar-refractivity contribution in [1.29, 1.82) is 0 Å². The first-order valence-electron chi connectivity index (χ1n) is 8.12. The van der Waals surface area contributed by atoms with Crippen LogP contribution < -0.4 is 5.69 Å². The molecule has 1 aliphatic rings. The Kier molecular flexibility index (Phi) is 4.47. The van der Waals surface area contributed by atoms with E-state index in [-0.39, 0.29) is 17.6 Å². The maximum absolute atomic E-state index is 12.9. The van der Waals surface area contributed by atoms with E-state index < -0.39 is 6.10 Å². The minimum Gasteiger partial charge on any atom is -0.393 e. The van der Waals surface area contributed by atoms with Crippen molar-refractivity contribution in [2.45, 2.75) is 51.2 Å². The van der Waals surface area contributed by atoms with Crippen molar-refractivity contribution in [1.82, 2.24) is 19.5 Å². The molecule has 0 radical (unpaired) electrons. The average Bonchev–Trinajstić information content (AvgIpc) is 2.75. The van der Waals surface area contributed by atoms with Crippen LogP contribution in [0.25, 0.3) is 5.65 Å². The number of nitrogens with one attached hydrogen (secondary N) is 1. The molecule has 0 aromatic carbocycles. The maximum atomic E-state index is 12.9. The third-order valence-electron chi connectivity index (χ3n) is 4.41. The van der Waals surface area contributed by atoms with Crippen molar-refractivity contribution in [3.8, 4) is 0 Å². The van der Waals surface area contributed by atoms with E-state index in [1.54, 1.807) is 19.1 Å². The lowest BCUT2D eigenvalue weighted by Gasteiger charge is -2.31. The number of likely N-dealkylation sites (tertiary alicyclic amines) is 1. The van der Waals surface area contributed by atoms with E-state index in [0.29, 0.717) is 24.2 Å².